The van der Waals surface area contributed by atoms with Crippen molar-refractivity contribution in [3.05, 3.63) is 33.3 Å². The number of carbonyl (C=O) groups excluding carboxylic acids is 2. The lowest BCUT2D eigenvalue weighted by atomic mass is 9.70. The molecule has 1 aromatic rings. The SMILES string of the molecule is CCC[C@]12CCC(=O)C=C1c1c(cc(OCC(N)=O)c(Cl)c1Cl)C2. The Balaban J connectivity index is 2.09. The first-order chi connectivity index (χ1) is 11.4. The minimum absolute atomic E-state index is 0.0553. The molecule has 0 saturated carbocycles. The van der Waals surface area contributed by atoms with Crippen molar-refractivity contribution in [1.29, 1.82) is 0 Å². The van der Waals surface area contributed by atoms with Crippen molar-refractivity contribution in [3.63, 3.8) is 0 Å². The molecule has 1 amide bonds. The standard InChI is InChI=1S/C18H19Cl2NO3/c1-2-4-18-5-3-11(22)7-12(18)15-10(8-18)6-13(16(19)17(15)20)24-9-14(21)23/h6-7H,2-5,8-9H2,1H3,(H2,21,23)/t18-/m1/s1. The van der Waals surface area contributed by atoms with Crippen molar-refractivity contribution >= 4 is 40.5 Å². The number of ether oxygens (including phenoxy) is 1. The summed E-state index contributed by atoms with van der Waals surface area (Å²) < 4.78 is 5.39. The second-order valence-corrected chi connectivity index (χ2v) is 7.28. The Morgan fingerprint density at radius 1 is 1.38 bits per heavy atom. The molecule has 1 aromatic carbocycles. The van der Waals surface area contributed by atoms with Crippen LogP contribution in [0.5, 0.6) is 5.75 Å². The molecule has 4 nitrogen and oxygen atoms in total. The fourth-order valence-corrected chi connectivity index (χ4v) is 4.45. The van der Waals surface area contributed by atoms with Gasteiger partial charge in [-0.25, -0.2) is 0 Å². The van der Waals surface area contributed by atoms with E-state index in [9.17, 15) is 9.59 Å². The highest BCUT2D eigenvalue weighted by Gasteiger charge is 2.45. The summed E-state index contributed by atoms with van der Waals surface area (Å²) in [4.78, 5) is 22.9. The summed E-state index contributed by atoms with van der Waals surface area (Å²) in [5, 5.41) is 0.635. The lowest BCUT2D eigenvalue weighted by Crippen LogP contribution is -2.25. The van der Waals surface area contributed by atoms with Gasteiger partial charge in [-0.3, -0.25) is 9.59 Å². The molecule has 1 atom stereocenters. The molecular formula is C18H19Cl2NO3. The zero-order chi connectivity index (χ0) is 17.5. The van der Waals surface area contributed by atoms with Gasteiger partial charge in [0.05, 0.1) is 5.02 Å². The number of rotatable bonds is 5. The lowest BCUT2D eigenvalue weighted by Gasteiger charge is -2.33. The van der Waals surface area contributed by atoms with Crippen LogP contribution in [-0.4, -0.2) is 18.3 Å². The monoisotopic (exact) mass is 367 g/mol. The number of ketones is 1. The minimum Gasteiger partial charge on any atom is -0.482 e. The van der Waals surface area contributed by atoms with Gasteiger partial charge in [-0.2, -0.15) is 0 Å². The van der Waals surface area contributed by atoms with E-state index in [0.29, 0.717) is 17.2 Å². The van der Waals surface area contributed by atoms with Crippen LogP contribution < -0.4 is 10.5 Å². The van der Waals surface area contributed by atoms with Gasteiger partial charge in [-0.1, -0.05) is 36.5 Å². The molecule has 0 fully saturated rings. The summed E-state index contributed by atoms with van der Waals surface area (Å²) in [7, 11) is 0. The molecule has 0 heterocycles. The molecule has 0 spiro atoms. The minimum atomic E-state index is -0.577. The van der Waals surface area contributed by atoms with Gasteiger partial charge in [0.1, 0.15) is 10.8 Å². The van der Waals surface area contributed by atoms with Crippen LogP contribution in [0.3, 0.4) is 0 Å². The van der Waals surface area contributed by atoms with Gasteiger partial charge in [-0.15, -0.1) is 0 Å². The van der Waals surface area contributed by atoms with Crippen LogP contribution in [-0.2, 0) is 16.0 Å². The Morgan fingerprint density at radius 2 is 2.12 bits per heavy atom. The maximum Gasteiger partial charge on any atom is 0.255 e. The number of carbonyl (C=O) groups is 2. The van der Waals surface area contributed by atoms with E-state index in [1.54, 1.807) is 6.08 Å². The van der Waals surface area contributed by atoms with Crippen LogP contribution in [0.2, 0.25) is 10.0 Å². The van der Waals surface area contributed by atoms with Crippen LogP contribution in [0.1, 0.15) is 43.7 Å². The van der Waals surface area contributed by atoms with Crippen LogP contribution in [0, 0.1) is 5.41 Å². The number of benzene rings is 1. The number of hydrogen-bond acceptors (Lipinski definition) is 3. The molecule has 128 valence electrons. The molecule has 0 aliphatic heterocycles. The first-order valence-electron chi connectivity index (χ1n) is 8.05. The highest BCUT2D eigenvalue weighted by Crippen LogP contribution is 2.58. The van der Waals surface area contributed by atoms with E-state index in [1.165, 1.54) is 0 Å². The largest absolute Gasteiger partial charge is 0.482 e. The van der Waals surface area contributed by atoms with Crippen LogP contribution in [0.15, 0.2) is 12.1 Å². The average molecular weight is 368 g/mol. The number of halogens is 2. The third-order valence-corrected chi connectivity index (χ3v) is 5.73. The van der Waals surface area contributed by atoms with Gasteiger partial charge in [0.2, 0.25) is 0 Å². The molecule has 0 radical (unpaired) electrons. The third kappa shape index (κ3) is 2.82. The molecule has 3 rings (SSSR count). The van der Waals surface area contributed by atoms with Crippen LogP contribution in [0.25, 0.3) is 5.57 Å². The summed E-state index contributed by atoms with van der Waals surface area (Å²) in [5.41, 5.74) is 7.94. The number of fused-ring (bicyclic) bond motifs is 3. The van der Waals surface area contributed by atoms with Crippen molar-refractivity contribution in [2.75, 3.05) is 6.61 Å². The second-order valence-electron chi connectivity index (χ2n) is 6.52. The van der Waals surface area contributed by atoms with Gasteiger partial charge < -0.3 is 10.5 Å². The Morgan fingerprint density at radius 3 is 2.79 bits per heavy atom. The summed E-state index contributed by atoms with van der Waals surface area (Å²) in [6.45, 7) is 1.89. The van der Waals surface area contributed by atoms with E-state index in [4.69, 9.17) is 33.7 Å². The third-order valence-electron chi connectivity index (χ3n) is 4.88. The molecule has 0 saturated heterocycles. The second kappa shape index (κ2) is 6.41. The molecule has 0 aromatic heterocycles. The molecule has 0 bridgehead atoms. The van der Waals surface area contributed by atoms with Crippen molar-refractivity contribution in [3.8, 4) is 5.75 Å². The fraction of sp³-hybridized carbons (Fsp3) is 0.444. The number of primary amides is 1. The smallest absolute Gasteiger partial charge is 0.255 e. The van der Waals surface area contributed by atoms with Crippen molar-refractivity contribution in [1.82, 2.24) is 0 Å². The van der Waals surface area contributed by atoms with E-state index in [1.807, 2.05) is 6.07 Å². The van der Waals surface area contributed by atoms with E-state index in [-0.39, 0.29) is 22.8 Å². The summed E-state index contributed by atoms with van der Waals surface area (Å²) in [6, 6.07) is 1.83. The maximum atomic E-state index is 12.0. The highest BCUT2D eigenvalue weighted by molar-refractivity contribution is 6.44. The van der Waals surface area contributed by atoms with Gasteiger partial charge in [-0.05, 0) is 42.5 Å². The maximum absolute atomic E-state index is 12.0. The molecule has 2 aliphatic rings. The lowest BCUT2D eigenvalue weighted by molar-refractivity contribution is -0.120. The average Bonchev–Trinajstić information content (AvgIpc) is 2.83. The predicted octanol–water partition coefficient (Wildman–Crippen LogP) is 3.95. The van der Waals surface area contributed by atoms with Crippen molar-refractivity contribution in [2.45, 2.75) is 39.0 Å². The molecule has 24 heavy (non-hydrogen) atoms. The zero-order valence-corrected chi connectivity index (χ0v) is 15.0. The first-order valence-corrected chi connectivity index (χ1v) is 8.81. The summed E-state index contributed by atoms with van der Waals surface area (Å²) in [6.07, 6.45) is 5.94. The van der Waals surface area contributed by atoms with Gasteiger partial charge in [0, 0.05) is 17.4 Å². The highest BCUT2D eigenvalue weighted by atomic mass is 35.5. The number of hydrogen-bond donors (Lipinski definition) is 1. The van der Waals surface area contributed by atoms with Crippen LogP contribution >= 0.6 is 23.2 Å². The molecular weight excluding hydrogens is 349 g/mol. The van der Waals surface area contributed by atoms with Crippen molar-refractivity contribution < 1.29 is 14.3 Å². The van der Waals surface area contributed by atoms with E-state index in [2.05, 4.69) is 6.92 Å². The molecule has 0 unspecified atom stereocenters. The summed E-state index contributed by atoms with van der Waals surface area (Å²) >= 11 is 12.8. The summed E-state index contributed by atoms with van der Waals surface area (Å²) in [5.74, 6) is -0.0885. The van der Waals surface area contributed by atoms with Crippen molar-refractivity contribution in [2.24, 2.45) is 11.1 Å². The normalized spacial score (nSPS) is 22.0. The van der Waals surface area contributed by atoms with E-state index >= 15 is 0 Å². The molecule has 2 aliphatic carbocycles. The zero-order valence-electron chi connectivity index (χ0n) is 13.5. The number of amides is 1. The van der Waals surface area contributed by atoms with E-state index < -0.39 is 5.91 Å². The van der Waals surface area contributed by atoms with Gasteiger partial charge in [0.25, 0.3) is 5.91 Å². The topological polar surface area (TPSA) is 69.4 Å². The first kappa shape index (κ1) is 17.3. The molecule has 2 N–H and O–H groups in total. The van der Waals surface area contributed by atoms with Gasteiger partial charge in [0.15, 0.2) is 12.4 Å². The molecule has 6 heteroatoms. The Bertz CT molecular complexity index is 757. The predicted molar refractivity (Wildman–Crippen MR) is 94.4 cm³/mol. The Kier molecular flexibility index (Phi) is 4.63. The Labute approximate surface area is 150 Å². The Hall–Kier alpha value is -1.52. The fourth-order valence-electron chi connectivity index (χ4n) is 3.93. The number of nitrogens with two attached hydrogens (primary N) is 1. The van der Waals surface area contributed by atoms with Gasteiger partial charge >= 0.3 is 0 Å². The quantitative estimate of drug-likeness (QED) is 0.856. The number of allylic oxidation sites excluding steroid dienone is 2. The van der Waals surface area contributed by atoms with Crippen LogP contribution in [0.4, 0.5) is 0 Å². The van der Waals surface area contributed by atoms with E-state index in [0.717, 1.165) is 42.4 Å².